The minimum atomic E-state index is -0.626. The molecular weight excluding hydrogens is 232 g/mol. The summed E-state index contributed by atoms with van der Waals surface area (Å²) in [6.45, 7) is 4.37. The fourth-order valence-corrected chi connectivity index (χ4v) is 1.32. The monoisotopic (exact) mass is 250 g/mol. The molecule has 5 nitrogen and oxygen atoms in total. The molecule has 0 aliphatic heterocycles. The third kappa shape index (κ3) is 3.76. The highest BCUT2D eigenvalue weighted by Crippen LogP contribution is 2.17. The van der Waals surface area contributed by atoms with Crippen LogP contribution in [0.4, 0.5) is 5.69 Å². The maximum absolute atomic E-state index is 11.8. The lowest BCUT2D eigenvalue weighted by molar-refractivity contribution is -0.137. The number of anilines is 1. The van der Waals surface area contributed by atoms with Gasteiger partial charge in [0.15, 0.2) is 0 Å². The Morgan fingerprint density at radius 1 is 1.28 bits per heavy atom. The third-order valence-corrected chi connectivity index (χ3v) is 2.41. The van der Waals surface area contributed by atoms with E-state index in [-0.39, 0.29) is 5.75 Å². The Kier molecular flexibility index (Phi) is 4.71. The number of hydrogen-bond donors (Lipinski definition) is 2. The Morgan fingerprint density at radius 2 is 1.83 bits per heavy atom. The van der Waals surface area contributed by atoms with Crippen molar-refractivity contribution in [2.45, 2.75) is 13.8 Å². The highest BCUT2D eigenvalue weighted by molar-refractivity contribution is 6.40. The van der Waals surface area contributed by atoms with Crippen molar-refractivity contribution < 1.29 is 14.7 Å². The highest BCUT2D eigenvalue weighted by Gasteiger charge is 2.19. The van der Waals surface area contributed by atoms with Crippen LogP contribution >= 0.6 is 0 Å². The molecule has 18 heavy (non-hydrogen) atoms. The van der Waals surface area contributed by atoms with Crippen LogP contribution in [0.2, 0.25) is 0 Å². The predicted octanol–water partition coefficient (Wildman–Crippen LogP) is 1.13. The summed E-state index contributed by atoms with van der Waals surface area (Å²) in [4.78, 5) is 24.6. The molecule has 98 valence electrons. The Bertz CT molecular complexity index is 426. The summed E-state index contributed by atoms with van der Waals surface area (Å²) < 4.78 is 0. The van der Waals surface area contributed by atoms with Crippen molar-refractivity contribution in [1.82, 2.24) is 5.32 Å². The van der Waals surface area contributed by atoms with E-state index in [1.165, 1.54) is 24.1 Å². The molecule has 0 atom stereocenters. The molecule has 1 aromatic carbocycles. The van der Waals surface area contributed by atoms with Gasteiger partial charge in [-0.1, -0.05) is 13.8 Å². The highest BCUT2D eigenvalue weighted by atomic mass is 16.3. The molecule has 0 aromatic heterocycles. The number of phenols is 1. The van der Waals surface area contributed by atoms with Gasteiger partial charge in [-0.3, -0.25) is 9.59 Å². The summed E-state index contributed by atoms with van der Waals surface area (Å²) in [6.07, 6.45) is 0. The summed E-state index contributed by atoms with van der Waals surface area (Å²) in [5, 5.41) is 11.7. The number of rotatable bonds is 3. The van der Waals surface area contributed by atoms with Crippen LogP contribution in [0.5, 0.6) is 5.75 Å². The van der Waals surface area contributed by atoms with E-state index in [1.807, 2.05) is 13.8 Å². The molecule has 0 aliphatic rings. The minimum Gasteiger partial charge on any atom is -0.508 e. The van der Waals surface area contributed by atoms with Gasteiger partial charge in [0.1, 0.15) is 5.75 Å². The van der Waals surface area contributed by atoms with Crippen molar-refractivity contribution in [1.29, 1.82) is 0 Å². The predicted molar refractivity (Wildman–Crippen MR) is 69.4 cm³/mol. The van der Waals surface area contributed by atoms with Gasteiger partial charge in [-0.25, -0.2) is 0 Å². The van der Waals surface area contributed by atoms with E-state index in [2.05, 4.69) is 5.32 Å². The van der Waals surface area contributed by atoms with Crippen LogP contribution in [0.1, 0.15) is 13.8 Å². The van der Waals surface area contributed by atoms with E-state index < -0.39 is 11.8 Å². The number of nitrogens with one attached hydrogen (secondary N) is 1. The molecule has 5 heteroatoms. The molecule has 0 saturated heterocycles. The fraction of sp³-hybridized carbons (Fsp3) is 0.385. The van der Waals surface area contributed by atoms with Crippen molar-refractivity contribution in [3.05, 3.63) is 24.3 Å². The number of aromatic hydroxyl groups is 1. The molecule has 0 fully saturated rings. The van der Waals surface area contributed by atoms with Crippen molar-refractivity contribution >= 4 is 17.5 Å². The Hall–Kier alpha value is -2.04. The molecule has 1 rings (SSSR count). The molecule has 0 spiro atoms. The molecule has 0 heterocycles. The fourth-order valence-electron chi connectivity index (χ4n) is 1.32. The maximum atomic E-state index is 11.8. The van der Waals surface area contributed by atoms with Crippen LogP contribution in [0.15, 0.2) is 24.3 Å². The molecule has 0 aliphatic carbocycles. The van der Waals surface area contributed by atoms with Gasteiger partial charge in [0.25, 0.3) is 0 Å². The average Bonchev–Trinajstić information content (AvgIpc) is 2.35. The van der Waals surface area contributed by atoms with E-state index in [1.54, 1.807) is 12.1 Å². The zero-order chi connectivity index (χ0) is 13.7. The number of phenolic OH excluding ortho intramolecular Hbond substituents is 1. The molecule has 2 N–H and O–H groups in total. The van der Waals surface area contributed by atoms with Gasteiger partial charge in [-0.05, 0) is 30.2 Å². The first-order valence-electron chi connectivity index (χ1n) is 5.76. The van der Waals surface area contributed by atoms with Crippen LogP contribution in [0, 0.1) is 5.92 Å². The topological polar surface area (TPSA) is 69.6 Å². The molecule has 0 saturated carbocycles. The van der Waals surface area contributed by atoms with E-state index in [0.717, 1.165) is 0 Å². The zero-order valence-corrected chi connectivity index (χ0v) is 10.8. The summed E-state index contributed by atoms with van der Waals surface area (Å²) in [5.41, 5.74) is 0.553. The molecular formula is C13H18N2O3. The Labute approximate surface area is 106 Å². The van der Waals surface area contributed by atoms with Crippen molar-refractivity contribution in [2.75, 3.05) is 18.5 Å². The molecule has 0 radical (unpaired) electrons. The zero-order valence-electron chi connectivity index (χ0n) is 10.8. The number of benzene rings is 1. The smallest absolute Gasteiger partial charge is 0.316 e. The van der Waals surface area contributed by atoms with Gasteiger partial charge in [0.05, 0.1) is 0 Å². The lowest BCUT2D eigenvalue weighted by Gasteiger charge is -2.17. The van der Waals surface area contributed by atoms with Gasteiger partial charge in [0.2, 0.25) is 0 Å². The minimum absolute atomic E-state index is 0.115. The van der Waals surface area contributed by atoms with E-state index in [0.29, 0.717) is 18.2 Å². The van der Waals surface area contributed by atoms with Crippen molar-refractivity contribution in [3.8, 4) is 5.75 Å². The van der Waals surface area contributed by atoms with Crippen LogP contribution in [-0.2, 0) is 9.59 Å². The molecule has 0 unspecified atom stereocenters. The summed E-state index contributed by atoms with van der Waals surface area (Å²) >= 11 is 0. The second kappa shape index (κ2) is 6.05. The largest absolute Gasteiger partial charge is 0.508 e. The number of amides is 2. The van der Waals surface area contributed by atoms with E-state index in [4.69, 9.17) is 5.11 Å². The molecule has 0 bridgehead atoms. The number of carbonyl (C=O) groups excluding carboxylic acids is 2. The van der Waals surface area contributed by atoms with E-state index in [9.17, 15) is 9.59 Å². The molecule has 1 aromatic rings. The van der Waals surface area contributed by atoms with Gasteiger partial charge in [-0.2, -0.15) is 0 Å². The van der Waals surface area contributed by atoms with Crippen LogP contribution in [-0.4, -0.2) is 30.5 Å². The quantitative estimate of drug-likeness (QED) is 0.790. The molecule has 2 amide bonds. The summed E-state index contributed by atoms with van der Waals surface area (Å²) in [5.74, 6) is -0.842. The standard InChI is InChI=1S/C13H18N2O3/c1-9(2)8-14-12(17)13(18)15(3)10-4-6-11(16)7-5-10/h4-7,9,16H,8H2,1-3H3,(H,14,17). The van der Waals surface area contributed by atoms with Crippen molar-refractivity contribution in [2.24, 2.45) is 5.92 Å². The normalized spacial score (nSPS) is 10.2. The van der Waals surface area contributed by atoms with Crippen LogP contribution < -0.4 is 10.2 Å². The first-order valence-corrected chi connectivity index (χ1v) is 5.76. The Balaban J connectivity index is 2.66. The van der Waals surface area contributed by atoms with Gasteiger partial charge in [-0.15, -0.1) is 0 Å². The van der Waals surface area contributed by atoms with Gasteiger partial charge in [0, 0.05) is 19.3 Å². The maximum Gasteiger partial charge on any atom is 0.316 e. The first kappa shape index (κ1) is 14.0. The SMILES string of the molecule is CC(C)CNC(=O)C(=O)N(C)c1ccc(O)cc1. The Morgan fingerprint density at radius 3 is 2.33 bits per heavy atom. The number of nitrogens with zero attached hydrogens (tertiary/aromatic N) is 1. The second-order valence-electron chi connectivity index (χ2n) is 4.48. The van der Waals surface area contributed by atoms with Gasteiger partial charge >= 0.3 is 11.8 Å². The summed E-state index contributed by atoms with van der Waals surface area (Å²) in [7, 11) is 1.52. The number of carbonyl (C=O) groups is 2. The lowest BCUT2D eigenvalue weighted by atomic mass is 10.2. The van der Waals surface area contributed by atoms with Gasteiger partial charge < -0.3 is 15.3 Å². The average molecular weight is 250 g/mol. The van der Waals surface area contributed by atoms with Crippen LogP contribution in [0.25, 0.3) is 0 Å². The third-order valence-electron chi connectivity index (χ3n) is 2.41. The number of hydrogen-bond acceptors (Lipinski definition) is 3. The summed E-state index contributed by atoms with van der Waals surface area (Å²) in [6, 6.07) is 6.07. The van der Waals surface area contributed by atoms with Crippen molar-refractivity contribution in [3.63, 3.8) is 0 Å². The second-order valence-corrected chi connectivity index (χ2v) is 4.48. The number of likely N-dealkylation sites (N-methyl/N-ethyl adjacent to an activating group) is 1. The lowest BCUT2D eigenvalue weighted by Crippen LogP contribution is -2.42. The van der Waals surface area contributed by atoms with Crippen LogP contribution in [0.3, 0.4) is 0 Å². The van der Waals surface area contributed by atoms with E-state index >= 15 is 0 Å². The first-order chi connectivity index (χ1) is 8.41.